The number of anilines is 3. The number of carbonyl (C=O) groups is 1. The van der Waals surface area contributed by atoms with Gasteiger partial charge >= 0.3 is 6.03 Å². The molecule has 7 nitrogen and oxygen atoms in total. The molecule has 0 aliphatic heterocycles. The number of hydrogen-bond acceptors (Lipinski definition) is 7. The van der Waals surface area contributed by atoms with E-state index in [0.29, 0.717) is 28.1 Å². The third-order valence-electron chi connectivity index (χ3n) is 3.14. The van der Waals surface area contributed by atoms with E-state index in [4.69, 9.17) is 10.2 Å². The Morgan fingerprint density at radius 2 is 2.20 bits per heavy atom. The molecule has 3 rings (SSSR count). The van der Waals surface area contributed by atoms with E-state index in [1.54, 1.807) is 48.4 Å². The lowest BCUT2D eigenvalue weighted by Crippen LogP contribution is -2.19. The van der Waals surface area contributed by atoms with Crippen LogP contribution in [0.15, 0.2) is 45.3 Å². The Morgan fingerprint density at radius 1 is 1.32 bits per heavy atom. The number of urea groups is 1. The van der Waals surface area contributed by atoms with Crippen molar-refractivity contribution in [3.8, 4) is 0 Å². The zero-order valence-electron chi connectivity index (χ0n) is 13.5. The molecule has 0 spiro atoms. The summed E-state index contributed by atoms with van der Waals surface area (Å²) < 4.78 is 6.53. The number of nitrogens with two attached hydrogens (primary N) is 1. The monoisotopic (exact) mass is 375 g/mol. The zero-order valence-corrected chi connectivity index (χ0v) is 15.1. The molecule has 0 aliphatic rings. The highest BCUT2D eigenvalue weighted by molar-refractivity contribution is 8.00. The van der Waals surface area contributed by atoms with Gasteiger partial charge in [-0.25, -0.2) is 14.8 Å². The largest absolute Gasteiger partial charge is 0.445 e. The number of hydrogen-bond donors (Lipinski definition) is 3. The third-order valence-corrected chi connectivity index (χ3v) is 5.23. The van der Waals surface area contributed by atoms with E-state index >= 15 is 0 Å². The number of aryl methyl sites for hydroxylation is 1. The summed E-state index contributed by atoms with van der Waals surface area (Å²) in [5.74, 6) is 2.18. The topological polar surface area (TPSA) is 106 Å². The highest BCUT2D eigenvalue weighted by Gasteiger charge is 2.09. The Balaban J connectivity index is 1.51. The summed E-state index contributed by atoms with van der Waals surface area (Å²) in [6.07, 6.45) is 4.29. The molecule has 0 aliphatic carbocycles. The maximum Gasteiger partial charge on any atom is 0.325 e. The van der Waals surface area contributed by atoms with Crippen LogP contribution in [-0.2, 0) is 12.2 Å². The van der Waals surface area contributed by atoms with Crippen LogP contribution in [0.25, 0.3) is 0 Å². The molecule has 2 heterocycles. The number of thioether (sulfide) groups is 1. The fourth-order valence-electron chi connectivity index (χ4n) is 1.97. The van der Waals surface area contributed by atoms with Gasteiger partial charge in [0.05, 0.1) is 22.4 Å². The van der Waals surface area contributed by atoms with Crippen molar-refractivity contribution in [3.05, 3.63) is 48.3 Å². The third kappa shape index (κ3) is 4.97. The lowest BCUT2D eigenvalue weighted by Gasteiger charge is -2.05. The van der Waals surface area contributed by atoms with Crippen LogP contribution in [0.5, 0.6) is 0 Å². The molecule has 0 unspecified atom stereocenters. The van der Waals surface area contributed by atoms with E-state index in [1.165, 1.54) is 11.3 Å². The molecule has 2 amide bonds. The van der Waals surface area contributed by atoms with E-state index in [1.807, 2.05) is 6.92 Å². The van der Waals surface area contributed by atoms with Gasteiger partial charge in [-0.3, -0.25) is 5.32 Å². The van der Waals surface area contributed by atoms with Crippen LogP contribution in [0.3, 0.4) is 0 Å². The molecule has 0 radical (unpaired) electrons. The molecule has 3 aromatic rings. The van der Waals surface area contributed by atoms with E-state index in [9.17, 15) is 4.79 Å². The maximum absolute atomic E-state index is 12.0. The molecule has 25 heavy (non-hydrogen) atoms. The van der Waals surface area contributed by atoms with Crippen molar-refractivity contribution in [1.82, 2.24) is 9.97 Å². The van der Waals surface area contributed by atoms with Gasteiger partial charge in [0.15, 0.2) is 5.13 Å². The van der Waals surface area contributed by atoms with Crippen LogP contribution >= 0.6 is 23.1 Å². The summed E-state index contributed by atoms with van der Waals surface area (Å²) in [5, 5.41) is 5.94. The first-order chi connectivity index (χ1) is 12.1. The number of benzene rings is 1. The average molecular weight is 375 g/mol. The van der Waals surface area contributed by atoms with Gasteiger partial charge < -0.3 is 15.5 Å². The quantitative estimate of drug-likeness (QED) is 0.440. The number of nitrogens with zero attached hydrogens (tertiary/aromatic N) is 2. The number of thiazole rings is 1. The average Bonchev–Trinajstić information content (AvgIpc) is 3.21. The number of carbonyl (C=O) groups excluding carboxylic acids is 1. The molecule has 0 saturated carbocycles. The minimum atomic E-state index is -0.364. The van der Waals surface area contributed by atoms with Gasteiger partial charge in [0.25, 0.3) is 0 Å². The summed E-state index contributed by atoms with van der Waals surface area (Å²) in [6, 6.07) is 6.61. The molecule has 0 bridgehead atoms. The molecule has 4 N–H and O–H groups in total. The first kappa shape index (κ1) is 17.3. The SMILES string of the molecule is CCc1cnc(CSc2cnc(NC(=O)Nc3cccc(N)c3)s2)o1. The molecule has 130 valence electrons. The standard InChI is InChI=1S/C16H17N5O2S2/c1-2-12-7-18-13(23-12)9-24-14-8-19-16(25-14)21-15(22)20-11-5-3-4-10(17)6-11/h3-8H,2,9,17H2,1H3,(H2,19,20,21,22). The van der Waals surface area contributed by atoms with Gasteiger partial charge in [-0.05, 0) is 18.2 Å². The van der Waals surface area contributed by atoms with Crippen LogP contribution in [-0.4, -0.2) is 16.0 Å². The van der Waals surface area contributed by atoms with E-state index in [2.05, 4.69) is 20.6 Å². The number of rotatable bonds is 6. The highest BCUT2D eigenvalue weighted by atomic mass is 32.2. The van der Waals surface area contributed by atoms with Crippen LogP contribution in [0.1, 0.15) is 18.6 Å². The van der Waals surface area contributed by atoms with Crippen LogP contribution < -0.4 is 16.4 Å². The number of amides is 2. The lowest BCUT2D eigenvalue weighted by molar-refractivity contribution is 0.262. The van der Waals surface area contributed by atoms with Gasteiger partial charge in [-0.1, -0.05) is 24.3 Å². The molecular weight excluding hydrogens is 358 g/mol. The molecule has 2 aromatic heterocycles. The predicted molar refractivity (Wildman–Crippen MR) is 101 cm³/mol. The van der Waals surface area contributed by atoms with Crippen molar-refractivity contribution >= 4 is 45.6 Å². The minimum absolute atomic E-state index is 0.364. The van der Waals surface area contributed by atoms with Gasteiger partial charge in [-0.15, -0.1) is 11.8 Å². The maximum atomic E-state index is 12.0. The van der Waals surface area contributed by atoms with Gasteiger partial charge in [0.1, 0.15) is 5.76 Å². The van der Waals surface area contributed by atoms with E-state index < -0.39 is 0 Å². The molecule has 0 fully saturated rings. The molecular formula is C16H17N5O2S2. The second-order valence-corrected chi connectivity index (χ2v) is 7.36. The second-order valence-electron chi connectivity index (χ2n) is 5.05. The van der Waals surface area contributed by atoms with Crippen LogP contribution in [0, 0.1) is 0 Å². The highest BCUT2D eigenvalue weighted by Crippen LogP contribution is 2.30. The fourth-order valence-corrected chi connectivity index (χ4v) is 3.69. The first-order valence-electron chi connectivity index (χ1n) is 7.58. The number of oxazole rings is 1. The summed E-state index contributed by atoms with van der Waals surface area (Å²) in [5.41, 5.74) is 6.90. The van der Waals surface area contributed by atoms with Crippen molar-refractivity contribution in [1.29, 1.82) is 0 Å². The Hall–Kier alpha value is -2.52. The van der Waals surface area contributed by atoms with Crippen molar-refractivity contribution in [2.45, 2.75) is 23.3 Å². The molecule has 0 saturated heterocycles. The summed E-state index contributed by atoms with van der Waals surface area (Å²) in [6.45, 7) is 2.02. The normalized spacial score (nSPS) is 10.6. The van der Waals surface area contributed by atoms with Crippen molar-refractivity contribution < 1.29 is 9.21 Å². The number of nitrogens with one attached hydrogen (secondary N) is 2. The Labute approximate surface area is 153 Å². The van der Waals surface area contributed by atoms with Crippen molar-refractivity contribution in [3.63, 3.8) is 0 Å². The number of nitrogen functional groups attached to an aromatic ring is 1. The van der Waals surface area contributed by atoms with E-state index in [-0.39, 0.29) is 6.03 Å². The minimum Gasteiger partial charge on any atom is -0.445 e. The molecule has 0 atom stereocenters. The van der Waals surface area contributed by atoms with Crippen LogP contribution in [0.4, 0.5) is 21.3 Å². The van der Waals surface area contributed by atoms with Crippen molar-refractivity contribution in [2.75, 3.05) is 16.4 Å². The number of aromatic nitrogens is 2. The van der Waals surface area contributed by atoms with Crippen LogP contribution in [0.2, 0.25) is 0 Å². The zero-order chi connectivity index (χ0) is 17.6. The van der Waals surface area contributed by atoms with Gasteiger partial charge in [0, 0.05) is 17.8 Å². The molecule has 1 aromatic carbocycles. The van der Waals surface area contributed by atoms with E-state index in [0.717, 1.165) is 16.4 Å². The second kappa shape index (κ2) is 8.04. The summed E-state index contributed by atoms with van der Waals surface area (Å²) in [7, 11) is 0. The fraction of sp³-hybridized carbons (Fsp3) is 0.188. The summed E-state index contributed by atoms with van der Waals surface area (Å²) >= 11 is 2.96. The Bertz CT molecular complexity index is 862. The molecule has 9 heteroatoms. The van der Waals surface area contributed by atoms with Crippen molar-refractivity contribution in [2.24, 2.45) is 0 Å². The van der Waals surface area contributed by atoms with Gasteiger partial charge in [-0.2, -0.15) is 0 Å². The lowest BCUT2D eigenvalue weighted by atomic mass is 10.3. The Kier molecular flexibility index (Phi) is 5.56. The first-order valence-corrected chi connectivity index (χ1v) is 9.38. The smallest absolute Gasteiger partial charge is 0.325 e. The Morgan fingerprint density at radius 3 is 2.96 bits per heavy atom. The predicted octanol–water partition coefficient (Wildman–Crippen LogP) is 4.21. The van der Waals surface area contributed by atoms with Gasteiger partial charge in [0.2, 0.25) is 5.89 Å². The summed E-state index contributed by atoms with van der Waals surface area (Å²) in [4.78, 5) is 20.4.